The summed E-state index contributed by atoms with van der Waals surface area (Å²) in [6.07, 6.45) is 6.12. The molecule has 3 atom stereocenters. The fourth-order valence-corrected chi connectivity index (χ4v) is 3.01. The lowest BCUT2D eigenvalue weighted by molar-refractivity contribution is 0.108. The van der Waals surface area contributed by atoms with E-state index in [1.165, 1.54) is 25.7 Å². The lowest BCUT2D eigenvalue weighted by Gasteiger charge is -2.37. The van der Waals surface area contributed by atoms with Crippen LogP contribution in [0.5, 0.6) is 0 Å². The second-order valence-electron chi connectivity index (χ2n) is 4.79. The molecule has 3 unspecified atom stereocenters. The summed E-state index contributed by atoms with van der Waals surface area (Å²) in [5.41, 5.74) is 5.81. The molecule has 0 spiro atoms. The van der Waals surface area contributed by atoms with E-state index < -0.39 is 0 Å². The fourth-order valence-electron chi connectivity index (χ4n) is 3.01. The van der Waals surface area contributed by atoms with Crippen LogP contribution in [-0.4, -0.2) is 41.8 Å². The Hall–Kier alpha value is -0.120. The first kappa shape index (κ1) is 10.4. The smallest absolute Gasteiger partial charge is 0.0679 e. The highest BCUT2D eigenvalue weighted by Crippen LogP contribution is 2.29. The molecule has 0 amide bonds. The molecule has 2 fully saturated rings. The van der Waals surface area contributed by atoms with Crippen molar-refractivity contribution in [2.75, 3.05) is 19.6 Å². The number of nitrogens with zero attached hydrogens (tertiary/aromatic N) is 1. The van der Waals surface area contributed by atoms with Crippen molar-refractivity contribution in [2.24, 2.45) is 11.7 Å². The molecule has 3 nitrogen and oxygen atoms in total. The van der Waals surface area contributed by atoms with Crippen molar-refractivity contribution in [3.8, 4) is 0 Å². The molecule has 3 heteroatoms. The third-order valence-corrected chi connectivity index (χ3v) is 3.84. The minimum absolute atomic E-state index is 0.0876. The van der Waals surface area contributed by atoms with Gasteiger partial charge in [-0.1, -0.05) is 12.8 Å². The maximum Gasteiger partial charge on any atom is 0.0679 e. The van der Waals surface area contributed by atoms with Gasteiger partial charge in [-0.05, 0) is 31.7 Å². The third kappa shape index (κ3) is 2.10. The van der Waals surface area contributed by atoms with Gasteiger partial charge in [-0.2, -0.15) is 0 Å². The Balaban J connectivity index is 1.93. The molecule has 0 aromatic rings. The van der Waals surface area contributed by atoms with Crippen LogP contribution in [0.3, 0.4) is 0 Å². The summed E-state index contributed by atoms with van der Waals surface area (Å²) in [5.74, 6) is 0.675. The summed E-state index contributed by atoms with van der Waals surface area (Å²) in [4.78, 5) is 2.46. The summed E-state index contributed by atoms with van der Waals surface area (Å²) >= 11 is 0. The predicted octanol–water partition coefficient (Wildman–Crippen LogP) is 0.570. The van der Waals surface area contributed by atoms with Gasteiger partial charge in [0.05, 0.1) is 6.10 Å². The molecule has 2 aliphatic rings. The summed E-state index contributed by atoms with van der Waals surface area (Å²) < 4.78 is 0. The zero-order valence-corrected chi connectivity index (χ0v) is 8.86. The van der Waals surface area contributed by atoms with Crippen molar-refractivity contribution in [2.45, 2.75) is 44.2 Å². The molecule has 1 saturated heterocycles. The Labute approximate surface area is 86.3 Å². The monoisotopic (exact) mass is 198 g/mol. The van der Waals surface area contributed by atoms with E-state index in [1.807, 2.05) is 0 Å². The summed E-state index contributed by atoms with van der Waals surface area (Å²) in [7, 11) is 0. The van der Waals surface area contributed by atoms with Crippen molar-refractivity contribution in [1.82, 2.24) is 4.90 Å². The van der Waals surface area contributed by atoms with E-state index in [4.69, 9.17) is 5.73 Å². The maximum absolute atomic E-state index is 9.52. The van der Waals surface area contributed by atoms with E-state index in [9.17, 15) is 5.11 Å². The highest BCUT2D eigenvalue weighted by molar-refractivity contribution is 4.88. The van der Waals surface area contributed by atoms with Crippen LogP contribution in [0, 0.1) is 5.92 Å². The first-order valence-corrected chi connectivity index (χ1v) is 5.93. The molecule has 1 heterocycles. The van der Waals surface area contributed by atoms with Crippen LogP contribution in [0.4, 0.5) is 0 Å². The minimum atomic E-state index is -0.0876. The van der Waals surface area contributed by atoms with Gasteiger partial charge >= 0.3 is 0 Å². The second kappa shape index (κ2) is 4.60. The molecule has 1 saturated carbocycles. The minimum Gasteiger partial charge on any atom is -0.392 e. The molecule has 3 N–H and O–H groups in total. The van der Waals surface area contributed by atoms with Gasteiger partial charge in [-0.3, -0.25) is 4.90 Å². The largest absolute Gasteiger partial charge is 0.392 e. The second-order valence-corrected chi connectivity index (χ2v) is 4.79. The molecule has 82 valence electrons. The van der Waals surface area contributed by atoms with Crippen LogP contribution in [0.25, 0.3) is 0 Å². The Morgan fingerprint density at radius 2 is 2.00 bits per heavy atom. The number of hydrogen-bond acceptors (Lipinski definition) is 3. The quantitative estimate of drug-likeness (QED) is 0.682. The van der Waals surface area contributed by atoms with Crippen molar-refractivity contribution >= 4 is 0 Å². The first-order chi connectivity index (χ1) is 6.81. The van der Waals surface area contributed by atoms with Gasteiger partial charge in [0.15, 0.2) is 0 Å². The zero-order valence-electron chi connectivity index (χ0n) is 8.86. The molecule has 0 aromatic carbocycles. The number of β-amino-alcohol motifs (C(OH)–C–C–N with tert-alkyl or cyclic N) is 1. The average molecular weight is 198 g/mol. The SMILES string of the molecule is NCC1CCCCC1N1CCC(O)C1. The van der Waals surface area contributed by atoms with Crippen molar-refractivity contribution in [3.05, 3.63) is 0 Å². The fraction of sp³-hybridized carbons (Fsp3) is 1.00. The van der Waals surface area contributed by atoms with E-state index in [0.717, 1.165) is 26.1 Å². The van der Waals surface area contributed by atoms with Crippen LogP contribution in [-0.2, 0) is 0 Å². The number of likely N-dealkylation sites (tertiary alicyclic amines) is 1. The standard InChI is InChI=1S/C11H22N2O/c12-7-9-3-1-2-4-11(9)13-6-5-10(14)8-13/h9-11,14H,1-8,12H2. The maximum atomic E-state index is 9.52. The van der Waals surface area contributed by atoms with E-state index in [-0.39, 0.29) is 6.10 Å². The molecule has 14 heavy (non-hydrogen) atoms. The Kier molecular flexibility index (Phi) is 3.42. The van der Waals surface area contributed by atoms with Gasteiger partial charge in [-0.15, -0.1) is 0 Å². The van der Waals surface area contributed by atoms with Gasteiger partial charge in [-0.25, -0.2) is 0 Å². The van der Waals surface area contributed by atoms with Gasteiger partial charge in [0.1, 0.15) is 0 Å². The molecule has 0 bridgehead atoms. The number of aliphatic hydroxyl groups is 1. The molecule has 1 aliphatic heterocycles. The molecular weight excluding hydrogens is 176 g/mol. The van der Waals surface area contributed by atoms with Crippen LogP contribution in [0.1, 0.15) is 32.1 Å². The number of rotatable bonds is 2. The first-order valence-electron chi connectivity index (χ1n) is 5.93. The van der Waals surface area contributed by atoms with Crippen LogP contribution in [0.2, 0.25) is 0 Å². The van der Waals surface area contributed by atoms with Gasteiger partial charge < -0.3 is 10.8 Å². The van der Waals surface area contributed by atoms with Crippen LogP contribution < -0.4 is 5.73 Å². The predicted molar refractivity (Wildman–Crippen MR) is 57.0 cm³/mol. The summed E-state index contributed by atoms with van der Waals surface area (Å²) in [5, 5.41) is 9.52. The molecular formula is C11H22N2O. The summed E-state index contributed by atoms with van der Waals surface area (Å²) in [6, 6.07) is 0.658. The van der Waals surface area contributed by atoms with Gasteiger partial charge in [0.2, 0.25) is 0 Å². The highest BCUT2D eigenvalue weighted by atomic mass is 16.3. The molecule has 2 rings (SSSR count). The van der Waals surface area contributed by atoms with Crippen molar-refractivity contribution in [1.29, 1.82) is 0 Å². The Morgan fingerprint density at radius 1 is 1.21 bits per heavy atom. The van der Waals surface area contributed by atoms with Crippen molar-refractivity contribution < 1.29 is 5.11 Å². The van der Waals surface area contributed by atoms with E-state index in [1.54, 1.807) is 0 Å². The van der Waals surface area contributed by atoms with Gasteiger partial charge in [0.25, 0.3) is 0 Å². The average Bonchev–Trinajstić information content (AvgIpc) is 2.65. The number of nitrogens with two attached hydrogens (primary N) is 1. The van der Waals surface area contributed by atoms with E-state index in [2.05, 4.69) is 4.90 Å². The zero-order chi connectivity index (χ0) is 9.97. The summed E-state index contributed by atoms with van der Waals surface area (Å²) in [6.45, 7) is 2.76. The van der Waals surface area contributed by atoms with E-state index >= 15 is 0 Å². The number of aliphatic hydroxyl groups excluding tert-OH is 1. The normalized spacial score (nSPS) is 40.3. The molecule has 0 aromatic heterocycles. The van der Waals surface area contributed by atoms with Gasteiger partial charge in [0, 0.05) is 19.1 Å². The molecule has 0 radical (unpaired) electrons. The lowest BCUT2D eigenvalue weighted by atomic mass is 9.84. The third-order valence-electron chi connectivity index (χ3n) is 3.84. The highest BCUT2D eigenvalue weighted by Gasteiger charge is 2.33. The van der Waals surface area contributed by atoms with Crippen molar-refractivity contribution in [3.63, 3.8) is 0 Å². The topological polar surface area (TPSA) is 49.5 Å². The lowest BCUT2D eigenvalue weighted by Crippen LogP contribution is -2.44. The van der Waals surface area contributed by atoms with Crippen LogP contribution >= 0.6 is 0 Å². The van der Waals surface area contributed by atoms with Crippen LogP contribution in [0.15, 0.2) is 0 Å². The Bertz CT molecular complexity index is 186. The molecule has 1 aliphatic carbocycles. The van der Waals surface area contributed by atoms with E-state index in [0.29, 0.717) is 12.0 Å². The number of hydrogen-bond donors (Lipinski definition) is 2. The Morgan fingerprint density at radius 3 is 2.64 bits per heavy atom.